The molecule has 15 heavy (non-hydrogen) atoms. The van der Waals surface area contributed by atoms with Gasteiger partial charge in [0.2, 0.25) is 0 Å². The molecule has 1 aliphatic heterocycles. The summed E-state index contributed by atoms with van der Waals surface area (Å²) in [7, 11) is 0. The largest absolute Gasteiger partial charge is 0.292 e. The third-order valence-electron chi connectivity index (χ3n) is 2.53. The fraction of sp³-hybridized carbons (Fsp3) is 0.250. The van der Waals surface area contributed by atoms with Crippen LogP contribution in [0.1, 0.15) is 19.4 Å². The quantitative estimate of drug-likeness (QED) is 0.680. The molecule has 1 unspecified atom stereocenters. The van der Waals surface area contributed by atoms with E-state index in [0.717, 1.165) is 5.71 Å². The number of Topliss-reactive ketones (excluding diaryl/α,β-unsaturated/α-hetero) is 1. The standard InChI is InChI=1S/C12H11N2O/c1-8-9(2)13-14-11(12(8)15)10-6-4-3-5-7-10/h3-6,8H,1-2H3. The average molecular weight is 199 g/mol. The second-order valence-electron chi connectivity index (χ2n) is 3.55. The van der Waals surface area contributed by atoms with Gasteiger partial charge in [0.25, 0.3) is 0 Å². The van der Waals surface area contributed by atoms with E-state index >= 15 is 0 Å². The van der Waals surface area contributed by atoms with Crippen LogP contribution in [0.25, 0.3) is 0 Å². The Labute approximate surface area is 88.5 Å². The molecule has 1 aromatic rings. The summed E-state index contributed by atoms with van der Waals surface area (Å²) < 4.78 is 0. The van der Waals surface area contributed by atoms with Gasteiger partial charge in [0.05, 0.1) is 5.92 Å². The summed E-state index contributed by atoms with van der Waals surface area (Å²) in [5.41, 5.74) is 1.89. The molecule has 3 heteroatoms. The highest BCUT2D eigenvalue weighted by Crippen LogP contribution is 2.13. The van der Waals surface area contributed by atoms with Crippen LogP contribution < -0.4 is 0 Å². The molecular formula is C12H11N2O. The van der Waals surface area contributed by atoms with Gasteiger partial charge in [0.15, 0.2) is 5.78 Å². The van der Waals surface area contributed by atoms with Crippen LogP contribution in [-0.2, 0) is 4.79 Å². The molecule has 0 spiro atoms. The molecule has 3 nitrogen and oxygen atoms in total. The molecule has 0 N–H and O–H groups in total. The molecule has 2 rings (SSSR count). The number of carbonyl (C=O) groups is 1. The molecule has 0 amide bonds. The lowest BCUT2D eigenvalue weighted by Crippen LogP contribution is -2.30. The minimum absolute atomic E-state index is 0.0185. The van der Waals surface area contributed by atoms with Gasteiger partial charge >= 0.3 is 0 Å². The van der Waals surface area contributed by atoms with Gasteiger partial charge in [-0.15, -0.1) is 5.10 Å². The molecule has 1 aliphatic rings. The first-order valence-electron chi connectivity index (χ1n) is 4.83. The van der Waals surface area contributed by atoms with E-state index in [-0.39, 0.29) is 11.7 Å². The molecule has 0 saturated heterocycles. The number of carbonyl (C=O) groups excluding carboxylic acids is 1. The summed E-state index contributed by atoms with van der Waals surface area (Å²) in [6.45, 7) is 3.66. The average Bonchev–Trinajstić information content (AvgIpc) is 2.27. The Kier molecular flexibility index (Phi) is 2.46. The molecule has 0 fully saturated rings. The van der Waals surface area contributed by atoms with Crippen molar-refractivity contribution in [2.45, 2.75) is 13.8 Å². The van der Waals surface area contributed by atoms with Crippen molar-refractivity contribution in [1.29, 1.82) is 0 Å². The van der Waals surface area contributed by atoms with Gasteiger partial charge in [-0.3, -0.25) is 4.79 Å². The second-order valence-corrected chi connectivity index (χ2v) is 3.55. The van der Waals surface area contributed by atoms with E-state index in [4.69, 9.17) is 0 Å². The number of nitrogens with zero attached hydrogens (tertiary/aromatic N) is 2. The zero-order chi connectivity index (χ0) is 10.8. The lowest BCUT2D eigenvalue weighted by Gasteiger charge is -2.14. The zero-order valence-electron chi connectivity index (χ0n) is 8.69. The van der Waals surface area contributed by atoms with Crippen molar-refractivity contribution < 1.29 is 4.79 Å². The van der Waals surface area contributed by atoms with Crippen molar-refractivity contribution in [3.05, 3.63) is 35.9 Å². The van der Waals surface area contributed by atoms with Gasteiger partial charge < -0.3 is 0 Å². The van der Waals surface area contributed by atoms with Gasteiger partial charge in [0, 0.05) is 11.3 Å². The van der Waals surface area contributed by atoms with Crippen molar-refractivity contribution in [3.63, 3.8) is 0 Å². The third-order valence-corrected chi connectivity index (χ3v) is 2.53. The molecule has 0 aliphatic carbocycles. The summed E-state index contributed by atoms with van der Waals surface area (Å²) in [4.78, 5) is 11.9. The summed E-state index contributed by atoms with van der Waals surface area (Å²) in [6, 6.07) is 10.3. The lowest BCUT2D eigenvalue weighted by molar-refractivity contribution is -0.114. The van der Waals surface area contributed by atoms with Crippen molar-refractivity contribution >= 4 is 17.2 Å². The Morgan fingerprint density at radius 1 is 1.33 bits per heavy atom. The highest BCUT2D eigenvalue weighted by Gasteiger charge is 2.26. The van der Waals surface area contributed by atoms with Gasteiger partial charge in [-0.2, -0.15) is 5.10 Å². The summed E-state index contributed by atoms with van der Waals surface area (Å²) >= 11 is 0. The smallest absolute Gasteiger partial charge is 0.192 e. The minimum Gasteiger partial charge on any atom is -0.292 e. The van der Waals surface area contributed by atoms with Crippen LogP contribution in [0, 0.1) is 12.0 Å². The maximum atomic E-state index is 11.9. The van der Waals surface area contributed by atoms with E-state index < -0.39 is 0 Å². The molecule has 75 valence electrons. The normalized spacial score (nSPS) is 20.9. The topological polar surface area (TPSA) is 41.8 Å². The van der Waals surface area contributed by atoms with Gasteiger partial charge in [-0.1, -0.05) is 24.3 Å². The predicted octanol–water partition coefficient (Wildman–Crippen LogP) is 1.87. The SMILES string of the molecule is CC1=NN=C(c2[c]cccc2)C(=O)C1C. The van der Waals surface area contributed by atoms with E-state index in [1.54, 1.807) is 6.07 Å². The summed E-state index contributed by atoms with van der Waals surface area (Å²) in [6.07, 6.45) is 0. The Morgan fingerprint density at radius 2 is 2.13 bits per heavy atom. The molecule has 1 aromatic carbocycles. The number of ketones is 1. The molecule has 0 saturated carbocycles. The Bertz CT molecular complexity index is 446. The number of rotatable bonds is 1. The van der Waals surface area contributed by atoms with Crippen LogP contribution in [0.4, 0.5) is 0 Å². The van der Waals surface area contributed by atoms with E-state index in [0.29, 0.717) is 11.3 Å². The highest BCUT2D eigenvalue weighted by atomic mass is 16.1. The van der Waals surface area contributed by atoms with Crippen LogP contribution in [0.15, 0.2) is 34.5 Å². The van der Waals surface area contributed by atoms with Crippen LogP contribution in [0.5, 0.6) is 0 Å². The van der Waals surface area contributed by atoms with E-state index in [2.05, 4.69) is 16.3 Å². The molecule has 0 bridgehead atoms. The lowest BCUT2D eigenvalue weighted by atomic mass is 9.93. The van der Waals surface area contributed by atoms with Gasteiger partial charge in [-0.05, 0) is 19.9 Å². The number of hydrogen-bond donors (Lipinski definition) is 0. The van der Waals surface area contributed by atoms with E-state index in [9.17, 15) is 4.79 Å². The first-order chi connectivity index (χ1) is 7.20. The first kappa shape index (κ1) is 9.77. The van der Waals surface area contributed by atoms with Crippen molar-refractivity contribution in [3.8, 4) is 0 Å². The Hall–Kier alpha value is -1.77. The third kappa shape index (κ3) is 1.73. The van der Waals surface area contributed by atoms with Crippen LogP contribution >= 0.6 is 0 Å². The summed E-state index contributed by atoms with van der Waals surface area (Å²) in [5.74, 6) is -0.156. The number of benzene rings is 1. The predicted molar refractivity (Wildman–Crippen MR) is 59.1 cm³/mol. The minimum atomic E-state index is -0.175. The molecule has 1 heterocycles. The van der Waals surface area contributed by atoms with Crippen LogP contribution in [-0.4, -0.2) is 17.2 Å². The monoisotopic (exact) mass is 199 g/mol. The first-order valence-corrected chi connectivity index (χ1v) is 4.83. The van der Waals surface area contributed by atoms with Crippen LogP contribution in [0.3, 0.4) is 0 Å². The van der Waals surface area contributed by atoms with Gasteiger partial charge in [-0.25, -0.2) is 0 Å². The zero-order valence-corrected chi connectivity index (χ0v) is 8.69. The second kappa shape index (κ2) is 3.77. The van der Waals surface area contributed by atoms with Gasteiger partial charge in [0.1, 0.15) is 5.71 Å². The van der Waals surface area contributed by atoms with E-state index in [1.807, 2.05) is 32.0 Å². The highest BCUT2D eigenvalue weighted by molar-refractivity contribution is 6.50. The number of hydrogen-bond acceptors (Lipinski definition) is 3. The summed E-state index contributed by atoms with van der Waals surface area (Å²) in [5, 5.41) is 7.92. The Balaban J connectivity index is 2.43. The molecule has 1 radical (unpaired) electrons. The molecular weight excluding hydrogens is 188 g/mol. The maximum Gasteiger partial charge on any atom is 0.192 e. The fourth-order valence-electron chi connectivity index (χ4n) is 1.39. The molecule has 0 aromatic heterocycles. The van der Waals surface area contributed by atoms with E-state index in [1.165, 1.54) is 0 Å². The van der Waals surface area contributed by atoms with Crippen molar-refractivity contribution in [2.24, 2.45) is 16.1 Å². The molecule has 1 atom stereocenters. The maximum absolute atomic E-state index is 11.9. The van der Waals surface area contributed by atoms with Crippen molar-refractivity contribution in [2.75, 3.05) is 0 Å². The van der Waals surface area contributed by atoms with Crippen molar-refractivity contribution in [1.82, 2.24) is 0 Å². The van der Waals surface area contributed by atoms with Crippen LogP contribution in [0.2, 0.25) is 0 Å². The fourth-order valence-corrected chi connectivity index (χ4v) is 1.39. The Morgan fingerprint density at radius 3 is 2.80 bits per heavy atom.